The van der Waals surface area contributed by atoms with Crippen molar-refractivity contribution in [2.24, 2.45) is 5.73 Å². The third-order valence-electron chi connectivity index (χ3n) is 3.51. The summed E-state index contributed by atoms with van der Waals surface area (Å²) in [7, 11) is 0. The molecule has 0 unspecified atom stereocenters. The van der Waals surface area contributed by atoms with Crippen LogP contribution in [-0.2, 0) is 5.54 Å². The highest BCUT2D eigenvalue weighted by Gasteiger charge is 2.39. The van der Waals surface area contributed by atoms with Crippen LogP contribution in [0.1, 0.15) is 25.1 Å². The molecule has 0 saturated heterocycles. The van der Waals surface area contributed by atoms with Crippen LogP contribution < -0.4 is 10.5 Å². The molecule has 2 N–H and O–H groups in total. The Labute approximate surface area is 136 Å². The minimum Gasteiger partial charge on any atom is -0.434 e. The number of ether oxygens (including phenoxy) is 1. The number of rotatable bonds is 4. The normalized spacial score (nSPS) is 16.0. The smallest absolute Gasteiger partial charge is 0.387 e. The summed E-state index contributed by atoms with van der Waals surface area (Å²) in [6, 6.07) is 4.20. The van der Waals surface area contributed by atoms with Gasteiger partial charge in [0.15, 0.2) is 5.82 Å². The zero-order valence-corrected chi connectivity index (χ0v) is 12.8. The standard InChI is InChI=1S/C13H12ClF2N3O2.ClH/c14-7-2-3-9(20-12(15)16)8(6-7)10-18-11(19-21-10)13(17)4-1-5-13;/h2-3,6,12H,1,4-5,17H2;1H. The number of hydrogen-bond donors (Lipinski definition) is 1. The Balaban J connectivity index is 0.00000176. The first-order valence-electron chi connectivity index (χ1n) is 6.36. The van der Waals surface area contributed by atoms with Crippen LogP contribution in [0.5, 0.6) is 5.75 Å². The van der Waals surface area contributed by atoms with E-state index < -0.39 is 12.2 Å². The number of aromatic nitrogens is 2. The van der Waals surface area contributed by atoms with E-state index in [4.69, 9.17) is 21.9 Å². The molecule has 1 aliphatic carbocycles. The highest BCUT2D eigenvalue weighted by atomic mass is 35.5. The molecule has 2 aromatic rings. The average Bonchev–Trinajstić information content (AvgIpc) is 2.87. The Morgan fingerprint density at radius 2 is 2.09 bits per heavy atom. The van der Waals surface area contributed by atoms with E-state index in [0.29, 0.717) is 10.8 Å². The second-order valence-corrected chi connectivity index (χ2v) is 5.39. The molecule has 1 heterocycles. The first-order valence-corrected chi connectivity index (χ1v) is 6.73. The van der Waals surface area contributed by atoms with Crippen molar-refractivity contribution in [3.05, 3.63) is 29.0 Å². The lowest BCUT2D eigenvalue weighted by molar-refractivity contribution is -0.0495. The predicted octanol–water partition coefficient (Wildman–Crippen LogP) is 3.75. The number of halogens is 4. The third-order valence-corrected chi connectivity index (χ3v) is 3.74. The molecule has 120 valence electrons. The average molecular weight is 352 g/mol. The highest BCUT2D eigenvalue weighted by molar-refractivity contribution is 6.30. The summed E-state index contributed by atoms with van der Waals surface area (Å²) < 4.78 is 34.4. The summed E-state index contributed by atoms with van der Waals surface area (Å²) in [5.74, 6) is 0.343. The molecule has 0 spiro atoms. The second-order valence-electron chi connectivity index (χ2n) is 4.95. The minimum absolute atomic E-state index is 0. The maximum atomic E-state index is 12.4. The molecule has 22 heavy (non-hydrogen) atoms. The van der Waals surface area contributed by atoms with Crippen LogP contribution in [-0.4, -0.2) is 16.8 Å². The van der Waals surface area contributed by atoms with Gasteiger partial charge in [-0.3, -0.25) is 0 Å². The number of hydrogen-bond acceptors (Lipinski definition) is 5. The fourth-order valence-corrected chi connectivity index (χ4v) is 2.36. The lowest BCUT2D eigenvalue weighted by Gasteiger charge is -2.34. The molecular weight excluding hydrogens is 339 g/mol. The third kappa shape index (κ3) is 3.16. The molecule has 0 atom stereocenters. The Morgan fingerprint density at radius 1 is 1.36 bits per heavy atom. The van der Waals surface area contributed by atoms with Crippen LogP contribution in [0, 0.1) is 0 Å². The molecule has 0 amide bonds. The first-order chi connectivity index (χ1) is 9.98. The van der Waals surface area contributed by atoms with Gasteiger partial charge in [0.25, 0.3) is 5.89 Å². The van der Waals surface area contributed by atoms with Gasteiger partial charge in [0.05, 0.1) is 11.1 Å². The van der Waals surface area contributed by atoms with E-state index in [1.165, 1.54) is 18.2 Å². The van der Waals surface area contributed by atoms with Crippen LogP contribution in [0.15, 0.2) is 22.7 Å². The molecule has 9 heteroatoms. The summed E-state index contributed by atoms with van der Waals surface area (Å²) in [5.41, 5.74) is 5.72. The predicted molar refractivity (Wildman–Crippen MR) is 78.3 cm³/mol. The summed E-state index contributed by atoms with van der Waals surface area (Å²) in [6.07, 6.45) is 2.53. The molecule has 0 aliphatic heterocycles. The van der Waals surface area contributed by atoms with Gasteiger partial charge in [-0.15, -0.1) is 12.4 Å². The Hall–Kier alpha value is -1.44. The molecule has 1 aromatic heterocycles. The Morgan fingerprint density at radius 3 is 2.68 bits per heavy atom. The molecule has 0 bridgehead atoms. The molecule has 1 saturated carbocycles. The van der Waals surface area contributed by atoms with Crippen LogP contribution >= 0.6 is 24.0 Å². The van der Waals surface area contributed by atoms with Crippen LogP contribution in [0.3, 0.4) is 0 Å². The van der Waals surface area contributed by atoms with Crippen LogP contribution in [0.4, 0.5) is 8.78 Å². The van der Waals surface area contributed by atoms with E-state index in [-0.39, 0.29) is 29.6 Å². The lowest BCUT2D eigenvalue weighted by atomic mass is 9.77. The highest BCUT2D eigenvalue weighted by Crippen LogP contribution is 2.39. The maximum Gasteiger partial charge on any atom is 0.387 e. The van der Waals surface area contributed by atoms with Crippen molar-refractivity contribution >= 4 is 24.0 Å². The van der Waals surface area contributed by atoms with Gasteiger partial charge < -0.3 is 15.0 Å². The van der Waals surface area contributed by atoms with Gasteiger partial charge in [0.2, 0.25) is 0 Å². The Kier molecular flexibility index (Phi) is 4.89. The SMILES string of the molecule is Cl.NC1(c2noc(-c3cc(Cl)ccc3OC(F)F)n2)CCC1. The topological polar surface area (TPSA) is 74.2 Å². The molecule has 5 nitrogen and oxygen atoms in total. The maximum absolute atomic E-state index is 12.4. The lowest BCUT2D eigenvalue weighted by Crippen LogP contribution is -2.44. The van der Waals surface area contributed by atoms with E-state index in [1.807, 2.05) is 0 Å². The van der Waals surface area contributed by atoms with Crippen LogP contribution in [0.2, 0.25) is 5.02 Å². The quantitative estimate of drug-likeness (QED) is 0.907. The van der Waals surface area contributed by atoms with Crippen molar-refractivity contribution in [1.29, 1.82) is 0 Å². The monoisotopic (exact) mass is 351 g/mol. The number of alkyl halides is 2. The van der Waals surface area contributed by atoms with Crippen molar-refractivity contribution in [3.63, 3.8) is 0 Å². The summed E-state index contributed by atoms with van der Waals surface area (Å²) in [6.45, 7) is -2.96. The molecular formula is C13H13Cl2F2N3O2. The molecule has 3 rings (SSSR count). The number of benzene rings is 1. The van der Waals surface area contributed by atoms with Gasteiger partial charge >= 0.3 is 6.61 Å². The van der Waals surface area contributed by atoms with E-state index >= 15 is 0 Å². The Bertz CT molecular complexity index is 662. The van der Waals surface area contributed by atoms with Crippen molar-refractivity contribution in [2.75, 3.05) is 0 Å². The van der Waals surface area contributed by atoms with Gasteiger partial charge in [0.1, 0.15) is 5.75 Å². The van der Waals surface area contributed by atoms with Gasteiger partial charge in [0, 0.05) is 5.02 Å². The van der Waals surface area contributed by atoms with Crippen molar-refractivity contribution in [1.82, 2.24) is 10.1 Å². The summed E-state index contributed by atoms with van der Waals surface area (Å²) >= 11 is 5.88. The zero-order valence-electron chi connectivity index (χ0n) is 11.3. The fourth-order valence-electron chi connectivity index (χ4n) is 2.18. The van der Waals surface area contributed by atoms with Crippen molar-refractivity contribution < 1.29 is 18.0 Å². The number of nitrogens with two attached hydrogens (primary N) is 1. The largest absolute Gasteiger partial charge is 0.434 e. The second kappa shape index (κ2) is 6.36. The van der Waals surface area contributed by atoms with Gasteiger partial charge in [-0.1, -0.05) is 16.8 Å². The molecule has 0 radical (unpaired) electrons. The first kappa shape index (κ1) is 16.9. The summed E-state index contributed by atoms with van der Waals surface area (Å²) in [4.78, 5) is 4.20. The van der Waals surface area contributed by atoms with Crippen LogP contribution in [0.25, 0.3) is 11.5 Å². The van der Waals surface area contributed by atoms with Gasteiger partial charge in [-0.25, -0.2) is 0 Å². The van der Waals surface area contributed by atoms with E-state index in [1.54, 1.807) is 0 Å². The molecule has 1 aromatic carbocycles. The number of nitrogens with zero attached hydrogens (tertiary/aromatic N) is 2. The van der Waals surface area contributed by atoms with Gasteiger partial charge in [-0.2, -0.15) is 13.8 Å². The van der Waals surface area contributed by atoms with E-state index in [0.717, 1.165) is 19.3 Å². The van der Waals surface area contributed by atoms with E-state index in [2.05, 4.69) is 14.9 Å². The zero-order chi connectivity index (χ0) is 15.0. The molecule has 1 aliphatic rings. The van der Waals surface area contributed by atoms with Gasteiger partial charge in [-0.05, 0) is 37.5 Å². The van der Waals surface area contributed by atoms with E-state index in [9.17, 15) is 8.78 Å². The van der Waals surface area contributed by atoms with Crippen molar-refractivity contribution in [3.8, 4) is 17.2 Å². The van der Waals surface area contributed by atoms with Crippen molar-refractivity contribution in [2.45, 2.75) is 31.4 Å². The minimum atomic E-state index is -2.96. The molecule has 1 fully saturated rings. The summed E-state index contributed by atoms with van der Waals surface area (Å²) in [5, 5.41) is 4.18. The fraction of sp³-hybridized carbons (Fsp3) is 0.385.